The number of benzene rings is 2. The fraction of sp³-hybridized carbons (Fsp3) is 0. The summed E-state index contributed by atoms with van der Waals surface area (Å²) in [4.78, 5) is -0.136. The molecule has 0 spiro atoms. The molecule has 1 heterocycles. The minimum Gasteiger partial charge on any atom is -0.221 e. The minimum absolute atomic E-state index is 0.104. The van der Waals surface area contributed by atoms with Crippen LogP contribution in [0.2, 0.25) is 0 Å². The van der Waals surface area contributed by atoms with Crippen LogP contribution in [0.5, 0.6) is 0 Å². The van der Waals surface area contributed by atoms with Crippen LogP contribution in [0.1, 0.15) is 0 Å². The molecule has 0 bridgehead atoms. The number of hydrogen-bond donors (Lipinski definition) is 0. The highest BCUT2D eigenvalue weighted by molar-refractivity contribution is 8.14. The number of rotatable bonds is 3. The normalized spacial score (nSPS) is 12.6. The lowest BCUT2D eigenvalue weighted by atomic mass is 10.2. The fourth-order valence-electron chi connectivity index (χ4n) is 2.24. The zero-order valence-electron chi connectivity index (χ0n) is 11.3. The average molecular weight is 374 g/mol. The maximum atomic E-state index is 13.5. The molecular weight excluding hydrogens is 365 g/mol. The number of hydrogen-bond acceptors (Lipinski definition) is 4. The number of halogens is 2. The summed E-state index contributed by atoms with van der Waals surface area (Å²) in [5.74, 6) is -0.696. The quantitative estimate of drug-likeness (QED) is 0.662. The molecule has 0 atom stereocenters. The first-order valence-electron chi connectivity index (χ1n) is 6.27. The van der Waals surface area contributed by atoms with Gasteiger partial charge in [-0.3, -0.25) is 0 Å². The Morgan fingerprint density at radius 3 is 2.17 bits per heavy atom. The summed E-state index contributed by atoms with van der Waals surface area (Å²) in [5.41, 5.74) is -0.104. The summed E-state index contributed by atoms with van der Waals surface area (Å²) < 4.78 is 63.2. The minimum atomic E-state index is -4.37. The maximum Gasteiger partial charge on any atom is 0.277 e. The lowest BCUT2D eigenvalue weighted by molar-refractivity contribution is 0.578. The van der Waals surface area contributed by atoms with E-state index < -0.39 is 29.9 Å². The van der Waals surface area contributed by atoms with Crippen LogP contribution >= 0.6 is 10.7 Å². The van der Waals surface area contributed by atoms with Crippen LogP contribution in [0.25, 0.3) is 10.9 Å². The smallest absolute Gasteiger partial charge is 0.221 e. The van der Waals surface area contributed by atoms with E-state index in [4.69, 9.17) is 10.7 Å². The molecule has 0 fully saturated rings. The zero-order chi connectivity index (χ0) is 16.8. The highest BCUT2D eigenvalue weighted by Gasteiger charge is 2.28. The van der Waals surface area contributed by atoms with Crippen LogP contribution < -0.4 is 0 Å². The number of fused-ring (bicyclic) bond motifs is 1. The Balaban J connectivity index is 2.47. The van der Waals surface area contributed by atoms with Crippen molar-refractivity contribution in [1.29, 1.82) is 0 Å². The first-order valence-corrected chi connectivity index (χ1v) is 10.0. The Morgan fingerprint density at radius 1 is 0.913 bits per heavy atom. The van der Waals surface area contributed by atoms with Crippen molar-refractivity contribution in [2.24, 2.45) is 0 Å². The van der Waals surface area contributed by atoms with Gasteiger partial charge in [0.1, 0.15) is 5.82 Å². The Kier molecular flexibility index (Phi) is 3.70. The van der Waals surface area contributed by atoms with Gasteiger partial charge in [-0.15, -0.1) is 0 Å². The molecule has 3 aromatic rings. The number of nitrogens with zero attached hydrogens (tertiary/aromatic N) is 1. The molecule has 0 N–H and O–H groups in total. The standard InChI is InChI=1S/C14H9ClFNO4S2/c15-22(18,19)14-8-10-6-7-11(16)9-13(10)17(14)23(20,21)12-4-2-1-3-5-12/h1-9H. The molecule has 2 aromatic carbocycles. The number of aromatic nitrogens is 1. The molecule has 0 unspecified atom stereocenters. The van der Waals surface area contributed by atoms with E-state index in [2.05, 4.69) is 0 Å². The Morgan fingerprint density at radius 2 is 1.57 bits per heavy atom. The third-order valence-corrected chi connectivity index (χ3v) is 6.35. The van der Waals surface area contributed by atoms with Gasteiger partial charge in [-0.25, -0.2) is 25.2 Å². The van der Waals surface area contributed by atoms with Crippen LogP contribution in [-0.4, -0.2) is 20.8 Å². The second-order valence-corrected chi connectivity index (χ2v) is 9.01. The Labute approximate surface area is 136 Å². The van der Waals surface area contributed by atoms with E-state index in [0.717, 1.165) is 18.2 Å². The van der Waals surface area contributed by atoms with Crippen molar-refractivity contribution in [2.75, 3.05) is 0 Å². The van der Waals surface area contributed by atoms with Gasteiger partial charge in [0.15, 0.2) is 5.03 Å². The van der Waals surface area contributed by atoms with Gasteiger partial charge in [-0.1, -0.05) is 18.2 Å². The summed E-state index contributed by atoms with van der Waals surface area (Å²) in [6, 6.07) is 11.7. The zero-order valence-corrected chi connectivity index (χ0v) is 13.7. The summed E-state index contributed by atoms with van der Waals surface area (Å²) in [6.07, 6.45) is 0. The van der Waals surface area contributed by atoms with Crippen LogP contribution in [0.3, 0.4) is 0 Å². The largest absolute Gasteiger partial charge is 0.277 e. The second kappa shape index (κ2) is 5.33. The van der Waals surface area contributed by atoms with Crippen molar-refractivity contribution in [3.05, 3.63) is 60.4 Å². The van der Waals surface area contributed by atoms with E-state index >= 15 is 0 Å². The van der Waals surface area contributed by atoms with Crippen molar-refractivity contribution < 1.29 is 21.2 Å². The molecule has 0 radical (unpaired) electrons. The van der Waals surface area contributed by atoms with E-state index in [9.17, 15) is 21.2 Å². The molecular formula is C14H9ClFNO4S2. The van der Waals surface area contributed by atoms with Crippen molar-refractivity contribution in [2.45, 2.75) is 9.92 Å². The van der Waals surface area contributed by atoms with Crippen LogP contribution in [0, 0.1) is 5.82 Å². The van der Waals surface area contributed by atoms with Crippen LogP contribution in [0.4, 0.5) is 4.39 Å². The molecule has 1 aromatic heterocycles. The molecule has 3 rings (SSSR count). The summed E-state index contributed by atoms with van der Waals surface area (Å²) in [7, 11) is -3.27. The third kappa shape index (κ3) is 2.73. The first kappa shape index (κ1) is 16.0. The van der Waals surface area contributed by atoms with E-state index in [1.807, 2.05) is 0 Å². The van der Waals surface area contributed by atoms with Crippen LogP contribution in [-0.2, 0) is 19.1 Å². The lowest BCUT2D eigenvalue weighted by Gasteiger charge is -2.10. The van der Waals surface area contributed by atoms with Crippen molar-refractivity contribution in [3.8, 4) is 0 Å². The molecule has 0 aliphatic carbocycles. The van der Waals surface area contributed by atoms with Gasteiger partial charge >= 0.3 is 0 Å². The maximum absolute atomic E-state index is 13.5. The molecule has 0 amide bonds. The monoisotopic (exact) mass is 373 g/mol. The SMILES string of the molecule is O=S(=O)(Cl)c1cc2ccc(F)cc2n1S(=O)(=O)c1ccccc1. The summed E-state index contributed by atoms with van der Waals surface area (Å²) >= 11 is 0. The molecule has 23 heavy (non-hydrogen) atoms. The topological polar surface area (TPSA) is 73.2 Å². The van der Waals surface area contributed by atoms with Gasteiger partial charge in [0.25, 0.3) is 19.1 Å². The molecule has 0 saturated heterocycles. The Hall–Kier alpha value is -1.90. The second-order valence-electron chi connectivity index (χ2n) is 4.71. The predicted molar refractivity (Wildman–Crippen MR) is 84.0 cm³/mol. The van der Waals surface area contributed by atoms with Gasteiger partial charge in [0.2, 0.25) is 0 Å². The van der Waals surface area contributed by atoms with Crippen LogP contribution in [0.15, 0.2) is 64.5 Å². The first-order chi connectivity index (χ1) is 10.7. The highest BCUT2D eigenvalue weighted by Crippen LogP contribution is 2.30. The van der Waals surface area contributed by atoms with Gasteiger partial charge in [-0.2, -0.15) is 0 Å². The van der Waals surface area contributed by atoms with E-state index in [-0.39, 0.29) is 15.8 Å². The molecule has 5 nitrogen and oxygen atoms in total. The van der Waals surface area contributed by atoms with Gasteiger partial charge in [0, 0.05) is 16.1 Å². The summed E-state index contributed by atoms with van der Waals surface area (Å²) in [6.45, 7) is 0. The fourth-order valence-corrected chi connectivity index (χ4v) is 5.28. The van der Waals surface area contributed by atoms with Crippen molar-refractivity contribution in [3.63, 3.8) is 0 Å². The van der Waals surface area contributed by atoms with E-state index in [1.54, 1.807) is 6.07 Å². The van der Waals surface area contributed by atoms with E-state index in [1.165, 1.54) is 30.3 Å². The molecule has 120 valence electrons. The van der Waals surface area contributed by atoms with Gasteiger partial charge in [-0.05, 0) is 36.4 Å². The lowest BCUT2D eigenvalue weighted by Crippen LogP contribution is -2.16. The molecule has 0 aliphatic rings. The molecule has 0 aliphatic heterocycles. The van der Waals surface area contributed by atoms with Crippen molar-refractivity contribution >= 4 is 40.7 Å². The van der Waals surface area contributed by atoms with Gasteiger partial charge in [0.05, 0.1) is 10.4 Å². The molecule has 0 saturated carbocycles. The highest BCUT2D eigenvalue weighted by atomic mass is 35.7. The molecule has 9 heteroatoms. The van der Waals surface area contributed by atoms with Crippen molar-refractivity contribution in [1.82, 2.24) is 3.97 Å². The third-order valence-electron chi connectivity index (χ3n) is 3.22. The Bertz CT molecular complexity index is 1110. The van der Waals surface area contributed by atoms with Gasteiger partial charge < -0.3 is 0 Å². The predicted octanol–water partition coefficient (Wildman–Crippen LogP) is 2.94. The van der Waals surface area contributed by atoms with E-state index in [0.29, 0.717) is 3.97 Å². The average Bonchev–Trinajstić information content (AvgIpc) is 2.87. The summed E-state index contributed by atoms with van der Waals surface area (Å²) in [5, 5.41) is -0.395.